The molecule has 0 saturated carbocycles. The number of guanidine groups is 1. The van der Waals surface area contributed by atoms with Gasteiger partial charge in [-0.05, 0) is 24.3 Å². The molecule has 0 aliphatic rings. The number of hydrogen-bond acceptors (Lipinski definition) is 3. The lowest BCUT2D eigenvalue weighted by Crippen LogP contribution is -2.24. The zero-order valence-electron chi connectivity index (χ0n) is 9.16. The second-order valence-corrected chi connectivity index (χ2v) is 4.73. The van der Waals surface area contributed by atoms with Gasteiger partial charge < -0.3 is 17.2 Å². The van der Waals surface area contributed by atoms with E-state index in [1.807, 2.05) is 0 Å². The highest BCUT2D eigenvalue weighted by Gasteiger charge is 2.12. The van der Waals surface area contributed by atoms with Gasteiger partial charge in [-0.1, -0.05) is 0 Å². The Kier molecular flexibility index (Phi) is 3.69. The molecule has 1 aromatic carbocycles. The quantitative estimate of drug-likeness (QED) is 0.469. The van der Waals surface area contributed by atoms with Crippen LogP contribution in [0.25, 0.3) is 0 Å². The molecule has 0 spiro atoms. The van der Waals surface area contributed by atoms with Gasteiger partial charge in [0.15, 0.2) is 0 Å². The van der Waals surface area contributed by atoms with E-state index in [2.05, 4.69) is 9.39 Å². The summed E-state index contributed by atoms with van der Waals surface area (Å²) in [4.78, 5) is 3.76. The van der Waals surface area contributed by atoms with E-state index >= 15 is 0 Å². The summed E-state index contributed by atoms with van der Waals surface area (Å²) < 4.78 is 26.3. The molecule has 0 aromatic heterocycles. The van der Waals surface area contributed by atoms with Crippen LogP contribution in [-0.2, 0) is 10.0 Å². The Morgan fingerprint density at radius 1 is 1.12 bits per heavy atom. The zero-order chi connectivity index (χ0) is 13.1. The van der Waals surface area contributed by atoms with Gasteiger partial charge in [0.1, 0.15) is 5.84 Å². The molecule has 1 aromatic rings. The second kappa shape index (κ2) is 4.83. The summed E-state index contributed by atoms with van der Waals surface area (Å²) in [6.45, 7) is 0. The third-order valence-corrected chi connectivity index (χ3v) is 3.23. The van der Waals surface area contributed by atoms with Gasteiger partial charge in [0.2, 0.25) is 5.96 Å². The van der Waals surface area contributed by atoms with Crippen LogP contribution in [0.2, 0.25) is 0 Å². The highest BCUT2D eigenvalue weighted by Crippen LogP contribution is 2.13. The molecule has 0 aliphatic carbocycles. The number of sulfonamides is 1. The Hall–Kier alpha value is -2.09. The molecule has 0 heterocycles. The first-order valence-electron chi connectivity index (χ1n) is 4.55. The molecule has 8 heteroatoms. The lowest BCUT2D eigenvalue weighted by atomic mass is 10.2. The molecular formula is C9H13N5O2S. The van der Waals surface area contributed by atoms with Crippen LogP contribution in [0.15, 0.2) is 38.6 Å². The Morgan fingerprint density at radius 2 is 1.65 bits per heavy atom. The molecule has 0 unspecified atom stereocenters. The minimum absolute atomic E-state index is 0.0152. The maximum Gasteiger partial charge on any atom is 0.285 e. The second-order valence-electron chi connectivity index (χ2n) is 3.12. The van der Waals surface area contributed by atoms with E-state index in [1.54, 1.807) is 7.05 Å². The number of nitrogens with two attached hydrogens (primary N) is 3. The van der Waals surface area contributed by atoms with Gasteiger partial charge >= 0.3 is 0 Å². The molecule has 0 atom stereocenters. The average Bonchev–Trinajstić information content (AvgIpc) is 2.26. The van der Waals surface area contributed by atoms with E-state index in [4.69, 9.17) is 17.2 Å². The van der Waals surface area contributed by atoms with Crippen molar-refractivity contribution in [3.63, 3.8) is 0 Å². The molecule has 0 fully saturated rings. The number of nitrogens with zero attached hydrogens (tertiary/aromatic N) is 2. The highest BCUT2D eigenvalue weighted by molar-refractivity contribution is 7.90. The van der Waals surface area contributed by atoms with Crippen molar-refractivity contribution in [3.8, 4) is 0 Å². The minimum Gasteiger partial charge on any atom is -0.384 e. The number of rotatable bonds is 3. The molecule has 0 radical (unpaired) electrons. The number of amidine groups is 1. The average molecular weight is 255 g/mol. The fourth-order valence-corrected chi connectivity index (χ4v) is 1.98. The molecule has 0 amide bonds. The molecule has 7 nitrogen and oxygen atoms in total. The standard InChI is InChI=1S/C9H13N5O2S/c1-13-8(10)6-2-4-7(5-3-6)17(15,16)14-9(11)12/h2-5H,1H3,(H2,10,13)(H4,11,12,14). The summed E-state index contributed by atoms with van der Waals surface area (Å²) in [5, 5.41) is 0. The van der Waals surface area contributed by atoms with E-state index in [0.717, 1.165) is 0 Å². The van der Waals surface area contributed by atoms with Gasteiger partial charge in [0, 0.05) is 12.6 Å². The summed E-state index contributed by atoms with van der Waals surface area (Å²) in [6, 6.07) is 5.76. The molecular weight excluding hydrogens is 242 g/mol. The van der Waals surface area contributed by atoms with Crippen molar-refractivity contribution >= 4 is 21.8 Å². The van der Waals surface area contributed by atoms with Crippen molar-refractivity contribution < 1.29 is 8.42 Å². The van der Waals surface area contributed by atoms with Gasteiger partial charge in [0.05, 0.1) is 4.90 Å². The van der Waals surface area contributed by atoms with E-state index in [0.29, 0.717) is 11.4 Å². The van der Waals surface area contributed by atoms with Gasteiger partial charge in [-0.2, -0.15) is 8.42 Å². The fourth-order valence-electron chi connectivity index (χ4n) is 1.12. The normalized spacial score (nSPS) is 12.2. The topological polar surface area (TPSA) is 137 Å². The van der Waals surface area contributed by atoms with Crippen LogP contribution in [0.1, 0.15) is 5.56 Å². The lowest BCUT2D eigenvalue weighted by Gasteiger charge is -2.02. The van der Waals surface area contributed by atoms with Gasteiger partial charge in [-0.25, -0.2) is 0 Å². The van der Waals surface area contributed by atoms with Crippen LogP contribution in [-0.4, -0.2) is 27.3 Å². The first kappa shape index (κ1) is 13.0. The predicted octanol–water partition coefficient (Wildman–Crippen LogP) is -1.02. The summed E-state index contributed by atoms with van der Waals surface area (Å²) in [7, 11) is -2.31. The lowest BCUT2D eigenvalue weighted by molar-refractivity contribution is 0.598. The van der Waals surface area contributed by atoms with Crippen molar-refractivity contribution in [2.45, 2.75) is 4.90 Å². The molecule has 17 heavy (non-hydrogen) atoms. The van der Waals surface area contributed by atoms with Crippen molar-refractivity contribution in [2.75, 3.05) is 7.05 Å². The minimum atomic E-state index is -3.85. The zero-order valence-corrected chi connectivity index (χ0v) is 9.98. The van der Waals surface area contributed by atoms with Gasteiger partial charge in [-0.3, -0.25) is 4.99 Å². The molecule has 0 bridgehead atoms. The fraction of sp³-hybridized carbons (Fsp3) is 0.111. The predicted molar refractivity (Wildman–Crippen MR) is 66.1 cm³/mol. The molecule has 92 valence electrons. The van der Waals surface area contributed by atoms with Crippen LogP contribution < -0.4 is 17.2 Å². The maximum absolute atomic E-state index is 11.6. The summed E-state index contributed by atoms with van der Waals surface area (Å²) in [6.07, 6.45) is 0. The third kappa shape index (κ3) is 3.18. The van der Waals surface area contributed by atoms with Crippen molar-refractivity contribution in [2.24, 2.45) is 26.6 Å². The Labute approximate surface area is 99.1 Å². The van der Waals surface area contributed by atoms with Crippen LogP contribution in [0.3, 0.4) is 0 Å². The smallest absolute Gasteiger partial charge is 0.285 e. The number of hydrogen-bond donors (Lipinski definition) is 3. The van der Waals surface area contributed by atoms with Crippen molar-refractivity contribution in [1.29, 1.82) is 0 Å². The summed E-state index contributed by atoms with van der Waals surface area (Å²) >= 11 is 0. The van der Waals surface area contributed by atoms with E-state index < -0.39 is 16.0 Å². The largest absolute Gasteiger partial charge is 0.384 e. The van der Waals surface area contributed by atoms with Gasteiger partial charge in [-0.15, -0.1) is 4.40 Å². The Morgan fingerprint density at radius 3 is 2.06 bits per heavy atom. The Balaban J connectivity index is 3.16. The third-order valence-electron chi connectivity index (χ3n) is 1.91. The molecule has 0 aliphatic heterocycles. The number of aliphatic imine (C=N–C) groups is 1. The van der Waals surface area contributed by atoms with E-state index in [9.17, 15) is 8.42 Å². The maximum atomic E-state index is 11.6. The molecule has 0 saturated heterocycles. The molecule has 6 N–H and O–H groups in total. The number of benzene rings is 1. The Bertz CT molecular complexity index is 556. The monoisotopic (exact) mass is 255 g/mol. The van der Waals surface area contributed by atoms with Crippen molar-refractivity contribution in [3.05, 3.63) is 29.8 Å². The van der Waals surface area contributed by atoms with Crippen LogP contribution in [0.4, 0.5) is 0 Å². The first-order chi connectivity index (χ1) is 7.86. The van der Waals surface area contributed by atoms with Gasteiger partial charge in [0.25, 0.3) is 10.0 Å². The SMILES string of the molecule is CN=C(N)c1ccc(S(=O)(=O)N=C(N)N)cc1. The first-order valence-corrected chi connectivity index (χ1v) is 5.99. The molecule has 1 rings (SSSR count). The highest BCUT2D eigenvalue weighted by atomic mass is 32.2. The van der Waals surface area contributed by atoms with Crippen LogP contribution in [0, 0.1) is 0 Å². The van der Waals surface area contributed by atoms with E-state index in [-0.39, 0.29) is 4.90 Å². The van der Waals surface area contributed by atoms with Crippen LogP contribution >= 0.6 is 0 Å². The van der Waals surface area contributed by atoms with Crippen molar-refractivity contribution in [1.82, 2.24) is 0 Å². The summed E-state index contributed by atoms with van der Waals surface area (Å²) in [5.74, 6) is -0.195. The van der Waals surface area contributed by atoms with Crippen LogP contribution in [0.5, 0.6) is 0 Å². The summed E-state index contributed by atoms with van der Waals surface area (Å²) in [5.41, 5.74) is 16.2. The van der Waals surface area contributed by atoms with E-state index in [1.165, 1.54) is 24.3 Å².